The van der Waals surface area contributed by atoms with Gasteiger partial charge >= 0.3 is 12.4 Å². The maximum absolute atomic E-state index is 13.0. The molecule has 0 fully saturated rings. The van der Waals surface area contributed by atoms with Crippen LogP contribution in [-0.2, 0) is 23.6 Å². The third kappa shape index (κ3) is 4.84. The van der Waals surface area contributed by atoms with E-state index in [-0.39, 0.29) is 12.1 Å². The van der Waals surface area contributed by atoms with E-state index in [0.717, 1.165) is 12.1 Å². The van der Waals surface area contributed by atoms with Gasteiger partial charge in [0.25, 0.3) is 5.56 Å². The minimum Gasteiger partial charge on any atom is -0.327 e. The van der Waals surface area contributed by atoms with Crippen molar-refractivity contribution < 1.29 is 31.1 Å². The highest BCUT2D eigenvalue weighted by atomic mass is 19.4. The number of aromatic nitrogens is 3. The van der Waals surface area contributed by atoms with Crippen LogP contribution < -0.4 is 10.9 Å². The van der Waals surface area contributed by atoms with Gasteiger partial charge in [-0.2, -0.15) is 31.4 Å². The number of halogens is 6. The maximum atomic E-state index is 13.0. The Bertz CT molecular complexity index is 1220. The molecule has 0 saturated carbocycles. The number of carbonyl (C=O) groups is 1. The minimum absolute atomic E-state index is 0.126. The Hall–Kier alpha value is -3.57. The van der Waals surface area contributed by atoms with Gasteiger partial charge in [-0.25, -0.2) is 4.68 Å². The first kappa shape index (κ1) is 23.1. The first-order valence-electron chi connectivity index (χ1n) is 9.10. The van der Waals surface area contributed by atoms with Crippen molar-refractivity contribution in [2.75, 3.05) is 5.32 Å². The average molecular weight is 458 g/mol. The molecule has 32 heavy (non-hydrogen) atoms. The van der Waals surface area contributed by atoms with Crippen molar-refractivity contribution in [3.63, 3.8) is 0 Å². The molecule has 0 spiro atoms. The van der Waals surface area contributed by atoms with Gasteiger partial charge in [-0.3, -0.25) is 9.59 Å². The quantitative estimate of drug-likeness (QED) is 0.569. The Balaban J connectivity index is 1.87. The molecule has 1 aromatic carbocycles. The summed E-state index contributed by atoms with van der Waals surface area (Å²) in [6, 6.07) is 4.98. The molecule has 170 valence electrons. The van der Waals surface area contributed by atoms with Gasteiger partial charge in [0, 0.05) is 17.5 Å². The van der Waals surface area contributed by atoms with Gasteiger partial charge in [0.1, 0.15) is 5.69 Å². The predicted octanol–water partition coefficient (Wildman–Crippen LogP) is 4.40. The van der Waals surface area contributed by atoms with E-state index in [4.69, 9.17) is 0 Å². The number of nitrogens with zero attached hydrogens (tertiary/aromatic N) is 2. The largest absolute Gasteiger partial charge is 0.417 e. The second-order valence-electron chi connectivity index (χ2n) is 6.96. The van der Waals surface area contributed by atoms with Crippen LogP contribution in [0.2, 0.25) is 0 Å². The van der Waals surface area contributed by atoms with Crippen LogP contribution in [0.1, 0.15) is 28.1 Å². The molecule has 6 nitrogen and oxygen atoms in total. The third-order valence-electron chi connectivity index (χ3n) is 4.70. The molecule has 0 aliphatic heterocycles. The molecule has 0 aliphatic rings. The zero-order valence-corrected chi connectivity index (χ0v) is 16.6. The van der Waals surface area contributed by atoms with Gasteiger partial charge in [-0.1, -0.05) is 6.07 Å². The van der Waals surface area contributed by atoms with E-state index in [1.54, 1.807) is 6.92 Å². The van der Waals surface area contributed by atoms with Gasteiger partial charge in [0.2, 0.25) is 5.91 Å². The summed E-state index contributed by atoms with van der Waals surface area (Å²) in [5.41, 5.74) is -2.31. The molecule has 12 heteroatoms. The normalized spacial score (nSPS) is 12.1. The van der Waals surface area contributed by atoms with Crippen LogP contribution in [0.4, 0.5) is 32.0 Å². The van der Waals surface area contributed by atoms with E-state index < -0.39 is 40.6 Å². The van der Waals surface area contributed by atoms with Crippen LogP contribution in [-0.4, -0.2) is 20.7 Å². The average Bonchev–Trinajstić information content (AvgIpc) is 2.96. The molecular weight excluding hydrogens is 442 g/mol. The lowest BCUT2D eigenvalue weighted by molar-refractivity contribution is -0.138. The summed E-state index contributed by atoms with van der Waals surface area (Å²) in [4.78, 5) is 26.1. The zero-order chi connectivity index (χ0) is 23.8. The standard InChI is InChI=1S/C20H16F6N4O2/c1-10-15(8-17(31)28-16-7-13(20(24,25)26)9-27-18(16)32)11(2)30(29-10)14-5-3-4-12(6-14)19(21,22)23/h3-7,9H,8H2,1-2H3,(H,27,32)(H,28,31). The topological polar surface area (TPSA) is 79.8 Å². The smallest absolute Gasteiger partial charge is 0.327 e. The van der Waals surface area contributed by atoms with Crippen LogP contribution in [0.3, 0.4) is 0 Å². The number of hydrogen-bond donors (Lipinski definition) is 2. The van der Waals surface area contributed by atoms with E-state index >= 15 is 0 Å². The molecule has 0 bridgehead atoms. The van der Waals surface area contributed by atoms with Crippen molar-refractivity contribution in [2.24, 2.45) is 0 Å². The van der Waals surface area contributed by atoms with Crippen molar-refractivity contribution in [1.82, 2.24) is 14.8 Å². The Morgan fingerprint density at radius 2 is 1.72 bits per heavy atom. The number of alkyl halides is 6. The number of amides is 1. The molecule has 0 aliphatic carbocycles. The Morgan fingerprint density at radius 3 is 2.34 bits per heavy atom. The highest BCUT2D eigenvalue weighted by Crippen LogP contribution is 2.31. The van der Waals surface area contributed by atoms with E-state index in [1.165, 1.54) is 23.7 Å². The molecular formula is C20H16F6N4O2. The van der Waals surface area contributed by atoms with Crippen LogP contribution in [0.5, 0.6) is 0 Å². The second kappa shape index (κ2) is 8.17. The fourth-order valence-electron chi connectivity index (χ4n) is 3.09. The summed E-state index contributed by atoms with van der Waals surface area (Å²) in [5, 5.41) is 6.32. The van der Waals surface area contributed by atoms with Crippen LogP contribution in [0, 0.1) is 13.8 Å². The summed E-state index contributed by atoms with van der Waals surface area (Å²) >= 11 is 0. The zero-order valence-electron chi connectivity index (χ0n) is 16.6. The summed E-state index contributed by atoms with van der Waals surface area (Å²) in [6.45, 7) is 3.08. The molecule has 0 radical (unpaired) electrons. The van der Waals surface area contributed by atoms with Crippen molar-refractivity contribution >= 4 is 11.6 Å². The van der Waals surface area contributed by atoms with Crippen LogP contribution in [0.15, 0.2) is 41.3 Å². The fourth-order valence-corrected chi connectivity index (χ4v) is 3.09. The third-order valence-corrected chi connectivity index (χ3v) is 4.70. The van der Waals surface area contributed by atoms with Crippen LogP contribution in [0.25, 0.3) is 5.69 Å². The Labute approximate surface area is 176 Å². The minimum atomic E-state index is -4.72. The van der Waals surface area contributed by atoms with E-state index in [2.05, 4.69) is 10.4 Å². The van der Waals surface area contributed by atoms with Gasteiger partial charge in [-0.15, -0.1) is 0 Å². The molecule has 2 N–H and O–H groups in total. The van der Waals surface area contributed by atoms with Gasteiger partial charge in [0.15, 0.2) is 0 Å². The number of benzene rings is 1. The Kier molecular flexibility index (Phi) is 5.90. The van der Waals surface area contributed by atoms with Gasteiger partial charge in [0.05, 0.1) is 28.9 Å². The first-order chi connectivity index (χ1) is 14.8. The maximum Gasteiger partial charge on any atom is 0.417 e. The molecule has 1 amide bonds. The predicted molar refractivity (Wildman–Crippen MR) is 102 cm³/mol. The number of aromatic amines is 1. The molecule has 2 aromatic heterocycles. The number of anilines is 1. The number of rotatable bonds is 4. The van der Waals surface area contributed by atoms with Crippen molar-refractivity contribution in [3.8, 4) is 5.69 Å². The monoisotopic (exact) mass is 458 g/mol. The number of pyridine rings is 1. The van der Waals surface area contributed by atoms with Gasteiger partial charge < -0.3 is 10.3 Å². The lowest BCUT2D eigenvalue weighted by Gasteiger charge is -2.11. The molecule has 0 unspecified atom stereocenters. The molecule has 0 saturated heterocycles. The lowest BCUT2D eigenvalue weighted by Crippen LogP contribution is -2.23. The highest BCUT2D eigenvalue weighted by Gasteiger charge is 2.32. The summed E-state index contributed by atoms with van der Waals surface area (Å²) in [5.74, 6) is -0.787. The number of aryl methyl sites for hydroxylation is 1. The first-order valence-corrected chi connectivity index (χ1v) is 9.10. The van der Waals surface area contributed by atoms with Gasteiger partial charge in [-0.05, 0) is 38.1 Å². The number of hydrogen-bond acceptors (Lipinski definition) is 3. The van der Waals surface area contributed by atoms with E-state index in [1.807, 2.05) is 4.98 Å². The lowest BCUT2D eigenvalue weighted by atomic mass is 10.1. The number of H-pyrrole nitrogens is 1. The molecule has 2 heterocycles. The second-order valence-corrected chi connectivity index (χ2v) is 6.96. The van der Waals surface area contributed by atoms with E-state index in [0.29, 0.717) is 29.2 Å². The number of nitrogens with one attached hydrogen (secondary N) is 2. The molecule has 0 atom stereocenters. The van der Waals surface area contributed by atoms with Crippen molar-refractivity contribution in [3.05, 3.63) is 75.0 Å². The summed E-state index contributed by atoms with van der Waals surface area (Å²) < 4.78 is 78.8. The summed E-state index contributed by atoms with van der Waals surface area (Å²) in [6.07, 6.45) is -9.13. The van der Waals surface area contributed by atoms with E-state index in [9.17, 15) is 35.9 Å². The fraction of sp³-hybridized carbons (Fsp3) is 0.250. The van der Waals surface area contributed by atoms with Crippen molar-refractivity contribution in [1.29, 1.82) is 0 Å². The van der Waals surface area contributed by atoms with Crippen molar-refractivity contribution in [2.45, 2.75) is 32.6 Å². The highest BCUT2D eigenvalue weighted by molar-refractivity contribution is 5.92. The van der Waals surface area contributed by atoms with Crippen LogP contribution >= 0.6 is 0 Å². The molecule has 3 aromatic rings. The number of carbonyl (C=O) groups excluding carboxylic acids is 1. The Morgan fingerprint density at radius 1 is 1.06 bits per heavy atom. The summed E-state index contributed by atoms with van der Waals surface area (Å²) in [7, 11) is 0. The molecule has 3 rings (SSSR count). The SMILES string of the molecule is Cc1nn(-c2cccc(C(F)(F)F)c2)c(C)c1CC(=O)Nc1cc(C(F)(F)F)c[nH]c1=O.